The summed E-state index contributed by atoms with van der Waals surface area (Å²) in [6.45, 7) is 6.73. The maximum atomic E-state index is 9.57. The van der Waals surface area contributed by atoms with Crippen molar-refractivity contribution in [2.75, 3.05) is 0 Å². The molecule has 0 aliphatic heterocycles. The first kappa shape index (κ1) is 14.9. The Morgan fingerprint density at radius 1 is 1.45 bits per heavy atom. The van der Waals surface area contributed by atoms with Gasteiger partial charge in [-0.15, -0.1) is 0 Å². The minimum absolute atomic E-state index is 0.358. The number of aromatic nitrogens is 2. The van der Waals surface area contributed by atoms with E-state index in [2.05, 4.69) is 5.10 Å². The zero-order chi connectivity index (χ0) is 14.7. The van der Waals surface area contributed by atoms with Crippen LogP contribution in [-0.2, 0) is 13.2 Å². The van der Waals surface area contributed by atoms with Crippen LogP contribution < -0.4 is 4.74 Å². The van der Waals surface area contributed by atoms with Crippen molar-refractivity contribution < 1.29 is 9.84 Å². The van der Waals surface area contributed by atoms with Crippen molar-refractivity contribution in [3.63, 3.8) is 0 Å². The summed E-state index contributed by atoms with van der Waals surface area (Å²) in [5.41, 5.74) is 2.51. The van der Waals surface area contributed by atoms with Gasteiger partial charge in [-0.25, -0.2) is 0 Å². The third-order valence-corrected chi connectivity index (χ3v) is 3.66. The molecule has 0 saturated carbocycles. The fraction of sp³-hybridized carbons (Fsp3) is 0.400. The lowest BCUT2D eigenvalue weighted by Crippen LogP contribution is -2.06. The zero-order valence-electron chi connectivity index (χ0n) is 11.9. The first-order chi connectivity index (χ1) is 9.52. The number of hydrogen-bond donors (Lipinski definition) is 1. The molecule has 0 radical (unpaired) electrons. The molecule has 1 aromatic carbocycles. The molecule has 0 saturated heterocycles. The lowest BCUT2D eigenvalue weighted by atomic mass is 10.1. The topological polar surface area (TPSA) is 47.3 Å². The molecule has 0 unspecified atom stereocenters. The van der Waals surface area contributed by atoms with Gasteiger partial charge in [0.05, 0.1) is 22.5 Å². The van der Waals surface area contributed by atoms with Crippen LogP contribution in [0.15, 0.2) is 24.3 Å². The van der Waals surface area contributed by atoms with Crippen LogP contribution >= 0.6 is 11.6 Å². The van der Waals surface area contributed by atoms with Crippen LogP contribution in [0.25, 0.3) is 0 Å². The number of aliphatic hydroxyl groups is 1. The standard InChI is InChI=1S/C15H19ClN2O2/c1-4-18-14(15(16)10(2)17-18)9-20-13-7-5-6-12(8-13)11(3)19/h5-8,11,19H,4,9H2,1-3H3/t11-/m0/s1. The fourth-order valence-electron chi connectivity index (χ4n) is 2.02. The molecule has 0 aliphatic carbocycles. The normalized spacial score (nSPS) is 12.4. The minimum Gasteiger partial charge on any atom is -0.487 e. The number of benzene rings is 1. The quantitative estimate of drug-likeness (QED) is 0.918. The molecule has 1 aromatic heterocycles. The molecule has 0 aliphatic rings. The van der Waals surface area contributed by atoms with Crippen LogP contribution in [0.3, 0.4) is 0 Å². The Kier molecular flexibility index (Phi) is 4.68. The Morgan fingerprint density at radius 3 is 2.85 bits per heavy atom. The van der Waals surface area contributed by atoms with Gasteiger partial charge in [-0.05, 0) is 38.5 Å². The van der Waals surface area contributed by atoms with Gasteiger partial charge in [-0.3, -0.25) is 4.68 Å². The number of nitrogens with zero attached hydrogens (tertiary/aromatic N) is 2. The molecule has 0 amide bonds. The molecule has 0 bridgehead atoms. The Hall–Kier alpha value is -1.52. The summed E-state index contributed by atoms with van der Waals surface area (Å²) in [7, 11) is 0. The SMILES string of the molecule is CCn1nc(C)c(Cl)c1COc1cccc([C@H](C)O)c1. The van der Waals surface area contributed by atoms with Gasteiger partial charge in [0.15, 0.2) is 0 Å². The van der Waals surface area contributed by atoms with E-state index in [1.165, 1.54) is 0 Å². The van der Waals surface area contributed by atoms with Crippen molar-refractivity contribution in [1.82, 2.24) is 9.78 Å². The van der Waals surface area contributed by atoms with E-state index >= 15 is 0 Å². The molecule has 5 heteroatoms. The molecular weight excluding hydrogens is 276 g/mol. The predicted octanol–water partition coefficient (Wildman–Crippen LogP) is 3.50. The molecule has 1 N–H and O–H groups in total. The molecule has 20 heavy (non-hydrogen) atoms. The van der Waals surface area contributed by atoms with Gasteiger partial charge in [0, 0.05) is 6.54 Å². The molecule has 0 spiro atoms. The molecular formula is C15H19ClN2O2. The zero-order valence-corrected chi connectivity index (χ0v) is 12.7. The second kappa shape index (κ2) is 6.29. The number of rotatable bonds is 5. The summed E-state index contributed by atoms with van der Waals surface area (Å²) >= 11 is 6.24. The largest absolute Gasteiger partial charge is 0.487 e. The maximum absolute atomic E-state index is 9.57. The summed E-state index contributed by atoms with van der Waals surface area (Å²) in [6, 6.07) is 7.42. The molecule has 4 nitrogen and oxygen atoms in total. The van der Waals surface area contributed by atoms with Crippen LogP contribution in [0.2, 0.25) is 5.02 Å². The first-order valence-corrected chi connectivity index (χ1v) is 7.03. The first-order valence-electron chi connectivity index (χ1n) is 6.65. The Bertz CT molecular complexity index is 594. The average Bonchev–Trinajstić information content (AvgIpc) is 2.72. The van der Waals surface area contributed by atoms with Crippen LogP contribution in [0.5, 0.6) is 5.75 Å². The molecule has 2 aromatic rings. The van der Waals surface area contributed by atoms with Crippen LogP contribution in [-0.4, -0.2) is 14.9 Å². The van der Waals surface area contributed by atoms with E-state index in [4.69, 9.17) is 16.3 Å². The third-order valence-electron chi connectivity index (χ3n) is 3.17. The molecule has 2 rings (SSSR count). The number of halogens is 1. The Morgan fingerprint density at radius 2 is 2.20 bits per heavy atom. The van der Waals surface area contributed by atoms with Crippen LogP contribution in [0.1, 0.15) is 36.9 Å². The molecule has 1 heterocycles. The van der Waals surface area contributed by atoms with E-state index < -0.39 is 6.10 Å². The summed E-state index contributed by atoms with van der Waals surface area (Å²) in [5, 5.41) is 14.6. The van der Waals surface area contributed by atoms with Crippen molar-refractivity contribution in [1.29, 1.82) is 0 Å². The van der Waals surface area contributed by atoms with E-state index in [1.54, 1.807) is 6.92 Å². The van der Waals surface area contributed by atoms with E-state index in [-0.39, 0.29) is 0 Å². The predicted molar refractivity (Wildman–Crippen MR) is 79.1 cm³/mol. The van der Waals surface area contributed by atoms with Crippen LogP contribution in [0, 0.1) is 6.92 Å². The monoisotopic (exact) mass is 294 g/mol. The van der Waals surface area contributed by atoms with E-state index in [0.717, 1.165) is 23.5 Å². The number of ether oxygens (including phenoxy) is 1. The number of hydrogen-bond acceptors (Lipinski definition) is 3. The van der Waals surface area contributed by atoms with E-state index in [0.29, 0.717) is 17.4 Å². The fourth-order valence-corrected chi connectivity index (χ4v) is 2.21. The summed E-state index contributed by atoms with van der Waals surface area (Å²) in [6.07, 6.45) is -0.509. The van der Waals surface area contributed by atoms with Crippen molar-refractivity contribution >= 4 is 11.6 Å². The highest BCUT2D eigenvalue weighted by molar-refractivity contribution is 6.31. The Labute approximate surface area is 123 Å². The third kappa shape index (κ3) is 3.14. The van der Waals surface area contributed by atoms with Gasteiger partial charge in [-0.1, -0.05) is 23.7 Å². The van der Waals surface area contributed by atoms with Gasteiger partial charge in [0.2, 0.25) is 0 Å². The smallest absolute Gasteiger partial charge is 0.131 e. The molecule has 1 atom stereocenters. The maximum Gasteiger partial charge on any atom is 0.131 e. The summed E-state index contributed by atoms with van der Waals surface area (Å²) in [4.78, 5) is 0. The van der Waals surface area contributed by atoms with Crippen LogP contribution in [0.4, 0.5) is 0 Å². The molecule has 0 fully saturated rings. The highest BCUT2D eigenvalue weighted by atomic mass is 35.5. The van der Waals surface area contributed by atoms with Gasteiger partial charge >= 0.3 is 0 Å². The van der Waals surface area contributed by atoms with Gasteiger partial charge in [0.1, 0.15) is 12.4 Å². The molecule has 108 valence electrons. The highest BCUT2D eigenvalue weighted by Crippen LogP contribution is 2.24. The van der Waals surface area contributed by atoms with Crippen molar-refractivity contribution in [3.8, 4) is 5.75 Å². The van der Waals surface area contributed by atoms with Gasteiger partial charge in [0.25, 0.3) is 0 Å². The number of aryl methyl sites for hydroxylation is 2. The van der Waals surface area contributed by atoms with Crippen molar-refractivity contribution in [2.24, 2.45) is 0 Å². The second-order valence-electron chi connectivity index (χ2n) is 4.70. The van der Waals surface area contributed by atoms with Crippen molar-refractivity contribution in [2.45, 2.75) is 40.0 Å². The second-order valence-corrected chi connectivity index (χ2v) is 5.08. The lowest BCUT2D eigenvalue weighted by molar-refractivity contribution is 0.198. The van der Waals surface area contributed by atoms with Gasteiger partial charge < -0.3 is 9.84 Å². The Balaban J connectivity index is 2.15. The van der Waals surface area contributed by atoms with Crippen molar-refractivity contribution in [3.05, 3.63) is 46.2 Å². The average molecular weight is 295 g/mol. The number of aliphatic hydroxyl groups excluding tert-OH is 1. The van der Waals surface area contributed by atoms with Gasteiger partial charge in [-0.2, -0.15) is 5.10 Å². The summed E-state index contributed by atoms with van der Waals surface area (Å²) < 4.78 is 7.61. The minimum atomic E-state index is -0.509. The lowest BCUT2D eigenvalue weighted by Gasteiger charge is -2.10. The highest BCUT2D eigenvalue weighted by Gasteiger charge is 2.13. The summed E-state index contributed by atoms with van der Waals surface area (Å²) in [5.74, 6) is 0.709. The van der Waals surface area contributed by atoms with E-state index in [9.17, 15) is 5.11 Å². The van der Waals surface area contributed by atoms with E-state index in [1.807, 2.05) is 42.8 Å².